The van der Waals surface area contributed by atoms with E-state index in [1.807, 2.05) is 0 Å². The molecule has 0 bridgehead atoms. The van der Waals surface area contributed by atoms with Crippen LogP contribution in [-0.4, -0.2) is 30.6 Å². The highest BCUT2D eigenvalue weighted by Gasteiger charge is 2.29. The lowest BCUT2D eigenvalue weighted by Gasteiger charge is -2.08. The molecule has 3 N–H and O–H groups in total. The lowest BCUT2D eigenvalue weighted by atomic mass is 10.1. The fourth-order valence-electron chi connectivity index (χ4n) is 2.60. The number of benzene rings is 1. The minimum atomic E-state index is -4.42. The maximum atomic E-state index is 12.6. The third kappa shape index (κ3) is 4.19. The van der Waals surface area contributed by atoms with E-state index in [1.54, 1.807) is 0 Å². The Morgan fingerprint density at radius 3 is 2.50 bits per heavy atom. The number of amides is 1. The average molecular weight is 410 g/mol. The van der Waals surface area contributed by atoms with Crippen molar-refractivity contribution in [3.63, 3.8) is 0 Å². The number of aromatic hydroxyl groups is 1. The van der Waals surface area contributed by atoms with Crippen molar-refractivity contribution in [2.75, 3.05) is 0 Å². The SMILES string of the molecule is NC(=O)c1cnccc1Cn1cc(O)n(-c2ccc(SC(F)(F)F)cc2)c1=O. The van der Waals surface area contributed by atoms with Gasteiger partial charge in [0, 0.05) is 17.3 Å². The molecule has 7 nitrogen and oxygen atoms in total. The smallest absolute Gasteiger partial charge is 0.446 e. The second kappa shape index (κ2) is 7.43. The van der Waals surface area contributed by atoms with Crippen LogP contribution in [0.2, 0.25) is 0 Å². The number of aromatic nitrogens is 3. The molecule has 1 amide bonds. The molecule has 3 aromatic rings. The Balaban J connectivity index is 1.93. The van der Waals surface area contributed by atoms with Gasteiger partial charge in [0.2, 0.25) is 5.88 Å². The summed E-state index contributed by atoms with van der Waals surface area (Å²) in [5.41, 5.74) is 0.981. The number of pyridine rings is 1. The highest BCUT2D eigenvalue weighted by atomic mass is 32.2. The summed E-state index contributed by atoms with van der Waals surface area (Å²) >= 11 is -0.280. The van der Waals surface area contributed by atoms with Gasteiger partial charge >= 0.3 is 11.2 Å². The molecule has 0 spiro atoms. The number of primary amides is 1. The number of nitrogens with zero attached hydrogens (tertiary/aromatic N) is 3. The molecular weight excluding hydrogens is 397 g/mol. The lowest BCUT2D eigenvalue weighted by molar-refractivity contribution is -0.0328. The predicted octanol–water partition coefficient (Wildman–Crippen LogP) is 2.50. The Morgan fingerprint density at radius 2 is 1.89 bits per heavy atom. The van der Waals surface area contributed by atoms with E-state index < -0.39 is 23.0 Å². The summed E-state index contributed by atoms with van der Waals surface area (Å²) in [5, 5.41) is 10.1. The quantitative estimate of drug-likeness (QED) is 0.629. The Labute approximate surface area is 160 Å². The summed E-state index contributed by atoms with van der Waals surface area (Å²) in [6.45, 7) is -0.0534. The van der Waals surface area contributed by atoms with Crippen molar-refractivity contribution < 1.29 is 23.1 Å². The second-order valence-electron chi connectivity index (χ2n) is 5.67. The largest absolute Gasteiger partial charge is 0.493 e. The zero-order chi connectivity index (χ0) is 20.5. The van der Waals surface area contributed by atoms with Crippen molar-refractivity contribution in [3.05, 3.63) is 70.5 Å². The van der Waals surface area contributed by atoms with E-state index in [-0.39, 0.29) is 34.5 Å². The fraction of sp³-hybridized carbons (Fsp3) is 0.118. The summed E-state index contributed by atoms with van der Waals surface area (Å²) in [5.74, 6) is -1.12. The van der Waals surface area contributed by atoms with Crippen molar-refractivity contribution >= 4 is 17.7 Å². The van der Waals surface area contributed by atoms with Crippen LogP contribution in [0.25, 0.3) is 5.69 Å². The van der Waals surface area contributed by atoms with Crippen LogP contribution < -0.4 is 11.4 Å². The van der Waals surface area contributed by atoms with Crippen molar-refractivity contribution in [3.8, 4) is 11.6 Å². The van der Waals surface area contributed by atoms with Crippen LogP contribution >= 0.6 is 11.8 Å². The van der Waals surface area contributed by atoms with Gasteiger partial charge in [-0.1, -0.05) is 0 Å². The first-order chi connectivity index (χ1) is 13.2. The van der Waals surface area contributed by atoms with E-state index in [1.165, 1.54) is 42.7 Å². The first-order valence-corrected chi connectivity index (χ1v) is 8.57. The van der Waals surface area contributed by atoms with Gasteiger partial charge in [0.05, 0.1) is 24.0 Å². The van der Waals surface area contributed by atoms with Crippen LogP contribution in [0.3, 0.4) is 0 Å². The predicted molar refractivity (Wildman–Crippen MR) is 95.5 cm³/mol. The normalized spacial score (nSPS) is 11.5. The van der Waals surface area contributed by atoms with E-state index >= 15 is 0 Å². The number of nitrogens with two attached hydrogens (primary N) is 1. The lowest BCUT2D eigenvalue weighted by Crippen LogP contribution is -2.24. The van der Waals surface area contributed by atoms with E-state index in [4.69, 9.17) is 5.73 Å². The van der Waals surface area contributed by atoms with Gasteiger partial charge in [-0.2, -0.15) is 13.2 Å². The zero-order valence-corrected chi connectivity index (χ0v) is 14.9. The first-order valence-electron chi connectivity index (χ1n) is 7.76. The molecule has 2 heterocycles. The number of alkyl halides is 3. The Hall–Kier alpha value is -3.21. The second-order valence-corrected chi connectivity index (χ2v) is 6.81. The number of rotatable bonds is 5. The van der Waals surface area contributed by atoms with E-state index in [0.717, 1.165) is 15.3 Å². The van der Waals surface area contributed by atoms with Gasteiger partial charge < -0.3 is 10.8 Å². The van der Waals surface area contributed by atoms with Gasteiger partial charge in [0.15, 0.2) is 0 Å². The van der Waals surface area contributed by atoms with Gasteiger partial charge in [-0.15, -0.1) is 0 Å². The van der Waals surface area contributed by atoms with E-state index in [9.17, 15) is 27.9 Å². The molecule has 2 aromatic heterocycles. The molecule has 1 aromatic carbocycles. The zero-order valence-electron chi connectivity index (χ0n) is 14.1. The Morgan fingerprint density at radius 1 is 1.21 bits per heavy atom. The molecule has 146 valence electrons. The van der Waals surface area contributed by atoms with Gasteiger partial charge in [0.1, 0.15) is 0 Å². The first kappa shape index (κ1) is 19.5. The standard InChI is InChI=1S/C17H13F3N4O3S/c18-17(19,20)28-12-3-1-11(2-4-12)24-14(25)9-23(16(24)27)8-10-5-6-22-7-13(10)15(21)26/h1-7,9,25H,8H2,(H2,21,26). The fourth-order valence-corrected chi connectivity index (χ4v) is 3.14. The van der Waals surface area contributed by atoms with Crippen LogP contribution in [0.1, 0.15) is 15.9 Å². The summed E-state index contributed by atoms with van der Waals surface area (Å²) in [6.07, 6.45) is 3.86. The molecule has 0 saturated heterocycles. The monoisotopic (exact) mass is 410 g/mol. The van der Waals surface area contributed by atoms with Crippen LogP contribution in [0.4, 0.5) is 13.2 Å². The third-order valence-corrected chi connectivity index (χ3v) is 4.52. The maximum absolute atomic E-state index is 12.6. The van der Waals surface area contributed by atoms with Crippen molar-refractivity contribution in [2.45, 2.75) is 16.9 Å². The van der Waals surface area contributed by atoms with E-state index in [2.05, 4.69) is 4.98 Å². The van der Waals surface area contributed by atoms with Gasteiger partial charge in [0.25, 0.3) is 5.91 Å². The average Bonchev–Trinajstić information content (AvgIpc) is 2.88. The third-order valence-electron chi connectivity index (χ3n) is 3.78. The molecule has 0 saturated carbocycles. The minimum absolute atomic E-state index is 0.0499. The molecular formula is C17H13F3N4O3S. The Kier molecular flexibility index (Phi) is 5.18. The number of imidazole rings is 1. The topological polar surface area (TPSA) is 103 Å². The molecule has 0 fully saturated rings. The minimum Gasteiger partial charge on any atom is -0.493 e. The summed E-state index contributed by atoms with van der Waals surface area (Å²) in [4.78, 5) is 27.9. The van der Waals surface area contributed by atoms with Gasteiger partial charge in [-0.25, -0.2) is 9.36 Å². The summed E-state index contributed by atoms with van der Waals surface area (Å²) < 4.78 is 39.3. The number of halogens is 3. The molecule has 0 aliphatic heterocycles. The molecule has 0 atom stereocenters. The van der Waals surface area contributed by atoms with Crippen LogP contribution in [0.5, 0.6) is 5.88 Å². The number of carbonyl (C=O) groups excluding carboxylic acids is 1. The molecule has 28 heavy (non-hydrogen) atoms. The van der Waals surface area contributed by atoms with Crippen molar-refractivity contribution in [1.82, 2.24) is 14.1 Å². The molecule has 11 heteroatoms. The van der Waals surface area contributed by atoms with E-state index in [0.29, 0.717) is 5.56 Å². The highest BCUT2D eigenvalue weighted by molar-refractivity contribution is 8.00. The van der Waals surface area contributed by atoms with Crippen LogP contribution in [0.15, 0.2) is 58.6 Å². The highest BCUT2D eigenvalue weighted by Crippen LogP contribution is 2.37. The van der Waals surface area contributed by atoms with Crippen molar-refractivity contribution in [1.29, 1.82) is 0 Å². The molecule has 0 unspecified atom stereocenters. The Bertz CT molecular complexity index is 1070. The number of hydrogen-bond donors (Lipinski definition) is 2. The number of hydrogen-bond acceptors (Lipinski definition) is 5. The number of carbonyl (C=O) groups is 1. The van der Waals surface area contributed by atoms with Crippen LogP contribution in [0, 0.1) is 0 Å². The molecule has 3 rings (SSSR count). The van der Waals surface area contributed by atoms with Crippen molar-refractivity contribution in [2.24, 2.45) is 5.73 Å². The van der Waals surface area contributed by atoms with Gasteiger partial charge in [-0.05, 0) is 47.7 Å². The van der Waals surface area contributed by atoms with Crippen LogP contribution in [-0.2, 0) is 6.54 Å². The summed E-state index contributed by atoms with van der Waals surface area (Å²) in [7, 11) is 0. The van der Waals surface area contributed by atoms with Gasteiger partial charge in [-0.3, -0.25) is 14.3 Å². The maximum Gasteiger partial charge on any atom is 0.446 e. The molecule has 0 aliphatic rings. The number of thioether (sulfide) groups is 1. The molecule has 0 radical (unpaired) electrons. The summed E-state index contributed by atoms with van der Waals surface area (Å²) in [6, 6.07) is 6.50. The molecule has 0 aliphatic carbocycles.